The zero-order valence-corrected chi connectivity index (χ0v) is 19.0. The van der Waals surface area contributed by atoms with Gasteiger partial charge in [-0.2, -0.15) is 13.2 Å². The van der Waals surface area contributed by atoms with Crippen molar-refractivity contribution in [2.75, 3.05) is 10.6 Å². The molecule has 180 valence electrons. The highest BCUT2D eigenvalue weighted by atomic mass is 32.2. The van der Waals surface area contributed by atoms with E-state index in [1.807, 2.05) is 0 Å². The van der Waals surface area contributed by atoms with Crippen LogP contribution in [0, 0.1) is 5.92 Å². The topological polar surface area (TPSA) is 134 Å². The molecular formula is C20H18F3N5O4S2. The summed E-state index contributed by atoms with van der Waals surface area (Å²) >= 11 is 0.667. The van der Waals surface area contributed by atoms with Gasteiger partial charge in [-0.3, -0.25) is 10.1 Å². The Kier molecular flexibility index (Phi) is 6.45. The van der Waals surface area contributed by atoms with Gasteiger partial charge >= 0.3 is 12.2 Å². The summed E-state index contributed by atoms with van der Waals surface area (Å²) < 4.78 is 64.4. The first-order valence-electron chi connectivity index (χ1n) is 10.1. The number of nitrogens with zero attached hydrogens (tertiary/aromatic N) is 2. The SMILES string of the molecule is O=C(Nc1ncc(S(=O)(=O)c2ncc[nH]2)s1)Nc1ccc(C(F)(F)F)cc1C(=O)C1CCCC1. The Balaban J connectivity index is 1.54. The number of hydrogen-bond acceptors (Lipinski definition) is 7. The standard InChI is InChI=1S/C20H18F3N5O4S2/c21-20(22,23)12-5-6-14(13(9-12)16(29)11-3-1-2-4-11)27-17(30)28-18-26-10-15(33-18)34(31,32)19-24-7-8-25-19/h5-11H,1-4H2,(H,24,25)(H2,26,27,28,30). The van der Waals surface area contributed by atoms with Crippen LogP contribution in [0.1, 0.15) is 41.6 Å². The molecule has 0 saturated heterocycles. The molecule has 1 aliphatic carbocycles. The number of carbonyl (C=O) groups excluding carboxylic acids is 2. The van der Waals surface area contributed by atoms with Crippen LogP contribution < -0.4 is 10.6 Å². The Morgan fingerprint density at radius 3 is 2.50 bits per heavy atom. The van der Waals surface area contributed by atoms with Gasteiger partial charge in [0.15, 0.2) is 10.9 Å². The van der Waals surface area contributed by atoms with Gasteiger partial charge in [0.2, 0.25) is 5.16 Å². The molecule has 9 nitrogen and oxygen atoms in total. The van der Waals surface area contributed by atoms with Crippen LogP contribution in [-0.4, -0.2) is 35.2 Å². The second kappa shape index (κ2) is 9.18. The number of amides is 2. The average molecular weight is 514 g/mol. The van der Waals surface area contributed by atoms with Crippen LogP contribution in [0.15, 0.2) is 46.2 Å². The number of carbonyl (C=O) groups is 2. The molecule has 1 fully saturated rings. The molecule has 0 atom stereocenters. The zero-order chi connectivity index (χ0) is 24.5. The van der Waals surface area contributed by atoms with E-state index in [1.165, 1.54) is 12.4 Å². The Morgan fingerprint density at radius 2 is 1.85 bits per heavy atom. The summed E-state index contributed by atoms with van der Waals surface area (Å²) in [4.78, 5) is 35.4. The monoisotopic (exact) mass is 513 g/mol. The third-order valence-electron chi connectivity index (χ3n) is 5.28. The molecule has 1 aliphatic rings. The van der Waals surface area contributed by atoms with E-state index >= 15 is 0 Å². The molecule has 0 unspecified atom stereocenters. The van der Waals surface area contributed by atoms with Crippen molar-refractivity contribution >= 4 is 43.8 Å². The number of urea groups is 1. The number of anilines is 2. The number of hydrogen-bond donors (Lipinski definition) is 3. The molecular weight excluding hydrogens is 495 g/mol. The van der Waals surface area contributed by atoms with E-state index in [9.17, 15) is 31.2 Å². The second-order valence-electron chi connectivity index (χ2n) is 7.57. The minimum atomic E-state index is -4.65. The smallest absolute Gasteiger partial charge is 0.335 e. The highest BCUT2D eigenvalue weighted by molar-refractivity contribution is 7.93. The van der Waals surface area contributed by atoms with Crippen molar-refractivity contribution in [1.29, 1.82) is 0 Å². The van der Waals surface area contributed by atoms with Crippen LogP contribution in [0.5, 0.6) is 0 Å². The third-order valence-corrected chi connectivity index (χ3v) is 8.27. The van der Waals surface area contributed by atoms with Crippen LogP contribution in [0.3, 0.4) is 0 Å². The highest BCUT2D eigenvalue weighted by Crippen LogP contribution is 2.35. The summed E-state index contributed by atoms with van der Waals surface area (Å²) in [6.07, 6.45) is 1.79. The fraction of sp³-hybridized carbons (Fsp3) is 0.300. The molecule has 0 radical (unpaired) electrons. The lowest BCUT2D eigenvalue weighted by Gasteiger charge is -2.16. The summed E-state index contributed by atoms with van der Waals surface area (Å²) in [7, 11) is -3.95. The molecule has 2 amide bonds. The molecule has 34 heavy (non-hydrogen) atoms. The first kappa shape index (κ1) is 23.9. The van der Waals surface area contributed by atoms with Crippen molar-refractivity contribution in [2.24, 2.45) is 5.92 Å². The van der Waals surface area contributed by atoms with Crippen LogP contribution in [0.2, 0.25) is 0 Å². The Bertz CT molecular complexity index is 1310. The van der Waals surface area contributed by atoms with Gasteiger partial charge in [0, 0.05) is 23.9 Å². The summed E-state index contributed by atoms with van der Waals surface area (Å²) in [5.74, 6) is -0.861. The van der Waals surface area contributed by atoms with Gasteiger partial charge in [0.25, 0.3) is 9.84 Å². The highest BCUT2D eigenvalue weighted by Gasteiger charge is 2.33. The number of benzene rings is 1. The molecule has 3 aromatic rings. The van der Waals surface area contributed by atoms with E-state index in [4.69, 9.17) is 0 Å². The second-order valence-corrected chi connectivity index (χ2v) is 10.7. The maximum atomic E-state index is 13.2. The summed E-state index contributed by atoms with van der Waals surface area (Å²) in [6.45, 7) is 0. The minimum absolute atomic E-state index is 0.0711. The number of sulfone groups is 1. The predicted octanol–water partition coefficient (Wildman–Crippen LogP) is 4.73. The number of nitrogens with one attached hydrogen (secondary N) is 3. The lowest BCUT2D eigenvalue weighted by molar-refractivity contribution is -0.137. The fourth-order valence-corrected chi connectivity index (χ4v) is 5.89. The molecule has 2 heterocycles. The van der Waals surface area contributed by atoms with E-state index in [-0.39, 0.29) is 25.7 Å². The van der Waals surface area contributed by atoms with E-state index in [1.54, 1.807) is 0 Å². The van der Waals surface area contributed by atoms with Gasteiger partial charge in [-0.25, -0.2) is 23.2 Å². The lowest BCUT2D eigenvalue weighted by atomic mass is 9.93. The van der Waals surface area contributed by atoms with E-state index in [0.29, 0.717) is 24.2 Å². The van der Waals surface area contributed by atoms with Crippen LogP contribution in [-0.2, 0) is 16.0 Å². The first-order chi connectivity index (χ1) is 16.1. The fourth-order valence-electron chi connectivity index (χ4n) is 3.63. The Hall–Kier alpha value is -3.26. The maximum Gasteiger partial charge on any atom is 0.416 e. The van der Waals surface area contributed by atoms with E-state index in [0.717, 1.165) is 37.2 Å². The van der Waals surface area contributed by atoms with Crippen molar-refractivity contribution in [3.63, 3.8) is 0 Å². The van der Waals surface area contributed by atoms with Crippen molar-refractivity contribution in [2.45, 2.75) is 41.2 Å². The number of ketones is 1. The number of H-pyrrole nitrogens is 1. The number of aromatic amines is 1. The summed E-state index contributed by atoms with van der Waals surface area (Å²) in [5, 5.41) is 4.36. The van der Waals surface area contributed by atoms with Gasteiger partial charge in [-0.1, -0.05) is 24.2 Å². The van der Waals surface area contributed by atoms with Crippen LogP contribution >= 0.6 is 11.3 Å². The molecule has 0 spiro atoms. The summed E-state index contributed by atoms with van der Waals surface area (Å²) in [5.41, 5.74) is -1.30. The number of imidazole rings is 1. The normalized spacial score (nSPS) is 14.8. The predicted molar refractivity (Wildman–Crippen MR) is 117 cm³/mol. The van der Waals surface area contributed by atoms with Crippen molar-refractivity contribution < 1.29 is 31.2 Å². The van der Waals surface area contributed by atoms with Gasteiger partial charge in [-0.05, 0) is 31.0 Å². The van der Waals surface area contributed by atoms with Gasteiger partial charge < -0.3 is 10.3 Å². The number of aromatic nitrogens is 3. The number of alkyl halides is 3. The summed E-state index contributed by atoms with van der Waals surface area (Å²) in [6, 6.07) is 1.65. The number of Topliss-reactive ketones (excluding diaryl/α,β-unsaturated/α-hetero) is 1. The van der Waals surface area contributed by atoms with Crippen LogP contribution in [0.4, 0.5) is 28.8 Å². The lowest BCUT2D eigenvalue weighted by Crippen LogP contribution is -2.22. The Labute approximate surface area is 195 Å². The molecule has 2 aromatic heterocycles. The van der Waals surface area contributed by atoms with Gasteiger partial charge in [0.1, 0.15) is 4.21 Å². The number of halogens is 3. The Morgan fingerprint density at radius 1 is 1.12 bits per heavy atom. The molecule has 0 aliphatic heterocycles. The van der Waals surface area contributed by atoms with Crippen molar-refractivity contribution in [1.82, 2.24) is 15.0 Å². The average Bonchev–Trinajstić information content (AvgIpc) is 3.55. The quantitative estimate of drug-likeness (QED) is 0.408. The van der Waals surface area contributed by atoms with Gasteiger partial charge in [0.05, 0.1) is 17.4 Å². The van der Waals surface area contributed by atoms with E-state index in [2.05, 4.69) is 25.6 Å². The van der Waals surface area contributed by atoms with Crippen molar-refractivity contribution in [3.05, 3.63) is 47.9 Å². The molecule has 1 aromatic carbocycles. The number of rotatable bonds is 6. The molecule has 14 heteroatoms. The maximum absolute atomic E-state index is 13.2. The number of thiazole rings is 1. The van der Waals surface area contributed by atoms with E-state index < -0.39 is 39.3 Å². The molecule has 0 bridgehead atoms. The zero-order valence-electron chi connectivity index (χ0n) is 17.3. The van der Waals surface area contributed by atoms with Crippen LogP contribution in [0.25, 0.3) is 0 Å². The van der Waals surface area contributed by atoms with Gasteiger partial charge in [-0.15, -0.1) is 0 Å². The largest absolute Gasteiger partial charge is 0.416 e. The van der Waals surface area contributed by atoms with Crippen molar-refractivity contribution in [3.8, 4) is 0 Å². The third kappa shape index (κ3) is 4.97. The molecule has 4 rings (SSSR count). The minimum Gasteiger partial charge on any atom is -0.335 e. The molecule has 3 N–H and O–H groups in total. The molecule has 1 saturated carbocycles. The first-order valence-corrected chi connectivity index (χ1v) is 12.4.